The van der Waals surface area contributed by atoms with Crippen molar-refractivity contribution >= 4 is 17.4 Å². The number of aryl methyl sites for hydroxylation is 2. The molecule has 1 atom stereocenters. The molecular weight excluding hydrogens is 346 g/mol. The first kappa shape index (κ1) is 18.9. The molecule has 0 aromatic carbocycles. The highest BCUT2D eigenvalue weighted by Gasteiger charge is 2.23. The number of hydrogen-bond donors (Lipinski definition) is 1. The van der Waals surface area contributed by atoms with E-state index in [-0.39, 0.29) is 12.1 Å². The van der Waals surface area contributed by atoms with Crippen molar-refractivity contribution in [2.75, 3.05) is 20.1 Å². The molecule has 1 aliphatic rings. The number of nitrogens with one attached hydrogen (secondary N) is 1. The van der Waals surface area contributed by atoms with Gasteiger partial charge in [-0.15, -0.1) is 11.3 Å². The van der Waals surface area contributed by atoms with Crippen molar-refractivity contribution in [3.8, 4) is 0 Å². The third-order valence-corrected chi connectivity index (χ3v) is 6.05. The predicted octanol–water partition coefficient (Wildman–Crippen LogP) is 2.90. The third kappa shape index (κ3) is 4.45. The first-order chi connectivity index (χ1) is 12.4. The van der Waals surface area contributed by atoms with Crippen molar-refractivity contribution in [2.24, 2.45) is 7.05 Å². The smallest absolute Gasteiger partial charge is 0.317 e. The fourth-order valence-electron chi connectivity index (χ4n) is 3.58. The molecule has 3 heterocycles. The van der Waals surface area contributed by atoms with Gasteiger partial charge in [0, 0.05) is 49.4 Å². The second kappa shape index (κ2) is 8.22. The van der Waals surface area contributed by atoms with Crippen LogP contribution in [0.2, 0.25) is 0 Å². The van der Waals surface area contributed by atoms with Gasteiger partial charge in [0.1, 0.15) is 0 Å². The van der Waals surface area contributed by atoms with Crippen LogP contribution in [0.25, 0.3) is 0 Å². The molecule has 1 N–H and O–H groups in total. The highest BCUT2D eigenvalue weighted by atomic mass is 32.1. The molecule has 6 nitrogen and oxygen atoms in total. The van der Waals surface area contributed by atoms with E-state index in [0.29, 0.717) is 6.54 Å². The summed E-state index contributed by atoms with van der Waals surface area (Å²) in [5.74, 6) is 0. The molecule has 3 rings (SSSR count). The van der Waals surface area contributed by atoms with Crippen molar-refractivity contribution in [1.82, 2.24) is 24.9 Å². The van der Waals surface area contributed by atoms with Crippen LogP contribution in [0.15, 0.2) is 17.5 Å². The Bertz CT molecular complexity index is 739. The quantitative estimate of drug-likeness (QED) is 0.874. The molecule has 1 saturated heterocycles. The van der Waals surface area contributed by atoms with Gasteiger partial charge < -0.3 is 10.2 Å². The minimum atomic E-state index is -0.00405. The van der Waals surface area contributed by atoms with E-state index in [0.717, 1.165) is 49.4 Å². The van der Waals surface area contributed by atoms with Crippen LogP contribution in [-0.2, 0) is 20.1 Å². The average Bonchev–Trinajstić information content (AvgIpc) is 3.19. The Labute approximate surface area is 159 Å². The van der Waals surface area contributed by atoms with E-state index >= 15 is 0 Å². The van der Waals surface area contributed by atoms with Crippen LogP contribution < -0.4 is 5.32 Å². The minimum absolute atomic E-state index is 0.00405. The van der Waals surface area contributed by atoms with Gasteiger partial charge in [-0.3, -0.25) is 9.58 Å². The lowest BCUT2D eigenvalue weighted by molar-refractivity contribution is 0.168. The maximum Gasteiger partial charge on any atom is 0.317 e. The van der Waals surface area contributed by atoms with Gasteiger partial charge in [0.2, 0.25) is 0 Å². The molecule has 26 heavy (non-hydrogen) atoms. The highest BCUT2D eigenvalue weighted by molar-refractivity contribution is 7.09. The Morgan fingerprint density at radius 2 is 2.27 bits per heavy atom. The average molecular weight is 376 g/mol. The zero-order chi connectivity index (χ0) is 18.7. The van der Waals surface area contributed by atoms with Gasteiger partial charge in [0.15, 0.2) is 0 Å². The fraction of sp³-hybridized carbons (Fsp3) is 0.579. The Hall–Kier alpha value is -1.86. The van der Waals surface area contributed by atoms with Crippen LogP contribution >= 0.6 is 11.3 Å². The number of carbonyl (C=O) groups excluding carboxylic acids is 1. The molecule has 0 radical (unpaired) electrons. The van der Waals surface area contributed by atoms with Crippen molar-refractivity contribution in [1.29, 1.82) is 0 Å². The van der Waals surface area contributed by atoms with Gasteiger partial charge in [0.25, 0.3) is 0 Å². The van der Waals surface area contributed by atoms with E-state index in [9.17, 15) is 4.79 Å². The second-order valence-electron chi connectivity index (χ2n) is 7.23. The number of hydrogen-bond acceptors (Lipinski definition) is 4. The molecule has 7 heteroatoms. The summed E-state index contributed by atoms with van der Waals surface area (Å²) in [5, 5.41) is 9.77. The zero-order valence-electron chi connectivity index (χ0n) is 16.2. The van der Waals surface area contributed by atoms with Gasteiger partial charge >= 0.3 is 6.03 Å². The molecule has 0 spiro atoms. The van der Waals surface area contributed by atoms with Crippen LogP contribution in [0.3, 0.4) is 0 Å². The lowest BCUT2D eigenvalue weighted by atomic mass is 10.1. The lowest BCUT2D eigenvalue weighted by Gasteiger charge is -2.33. The van der Waals surface area contributed by atoms with Crippen LogP contribution in [0.1, 0.15) is 34.7 Å². The number of carbonyl (C=O) groups is 1. The monoisotopic (exact) mass is 375 g/mol. The standard InChI is InChI=1S/C19H29N5OS/c1-14-18(15(2)23(4)21-14)13-22(3)19(25)20-16-7-5-9-24(11-16)12-17-8-6-10-26-17/h6,8,10,16H,5,7,9,11-13H2,1-4H3,(H,20,25)/t16-/m1/s1. The van der Waals surface area contributed by atoms with Crippen LogP contribution in [0, 0.1) is 13.8 Å². The number of likely N-dealkylation sites (tertiary alicyclic amines) is 1. The topological polar surface area (TPSA) is 53.4 Å². The molecule has 2 aromatic heterocycles. The first-order valence-corrected chi connectivity index (χ1v) is 10.1. The Kier molecular flexibility index (Phi) is 5.98. The van der Waals surface area contributed by atoms with E-state index in [1.807, 2.05) is 32.6 Å². The van der Waals surface area contributed by atoms with E-state index in [1.165, 1.54) is 4.88 Å². The molecular formula is C19H29N5OS. The summed E-state index contributed by atoms with van der Waals surface area (Å²) in [5.41, 5.74) is 3.24. The summed E-state index contributed by atoms with van der Waals surface area (Å²) >= 11 is 1.80. The Morgan fingerprint density at radius 3 is 2.92 bits per heavy atom. The van der Waals surface area contributed by atoms with Crippen LogP contribution in [0.4, 0.5) is 4.79 Å². The molecule has 0 saturated carbocycles. The first-order valence-electron chi connectivity index (χ1n) is 9.19. The number of nitrogens with zero attached hydrogens (tertiary/aromatic N) is 4. The summed E-state index contributed by atoms with van der Waals surface area (Å²) in [7, 11) is 3.80. The van der Waals surface area contributed by atoms with Crippen molar-refractivity contribution in [3.05, 3.63) is 39.3 Å². The van der Waals surface area contributed by atoms with E-state index in [2.05, 4.69) is 32.8 Å². The molecule has 0 bridgehead atoms. The van der Waals surface area contributed by atoms with Gasteiger partial charge in [-0.25, -0.2) is 4.79 Å². The van der Waals surface area contributed by atoms with Crippen molar-refractivity contribution in [2.45, 2.75) is 45.8 Å². The Balaban J connectivity index is 1.53. The van der Waals surface area contributed by atoms with Crippen LogP contribution in [0.5, 0.6) is 0 Å². The molecule has 0 unspecified atom stereocenters. The zero-order valence-corrected chi connectivity index (χ0v) is 17.0. The molecule has 0 aliphatic carbocycles. The maximum atomic E-state index is 12.6. The van der Waals surface area contributed by atoms with Gasteiger partial charge in [-0.1, -0.05) is 6.07 Å². The maximum absolute atomic E-state index is 12.6. The predicted molar refractivity (Wildman–Crippen MR) is 105 cm³/mol. The summed E-state index contributed by atoms with van der Waals surface area (Å²) in [6.07, 6.45) is 2.17. The van der Waals surface area contributed by atoms with Crippen LogP contribution in [-0.4, -0.2) is 51.8 Å². The number of urea groups is 1. The molecule has 1 fully saturated rings. The molecule has 1 aliphatic heterocycles. The molecule has 142 valence electrons. The summed E-state index contributed by atoms with van der Waals surface area (Å²) in [6.45, 7) is 7.63. The summed E-state index contributed by atoms with van der Waals surface area (Å²) in [6, 6.07) is 4.49. The highest BCUT2D eigenvalue weighted by Crippen LogP contribution is 2.18. The van der Waals surface area contributed by atoms with Gasteiger partial charge in [-0.05, 0) is 44.7 Å². The minimum Gasteiger partial charge on any atom is -0.334 e. The summed E-state index contributed by atoms with van der Waals surface area (Å²) < 4.78 is 1.87. The lowest BCUT2D eigenvalue weighted by Crippen LogP contribution is -2.50. The largest absolute Gasteiger partial charge is 0.334 e. The Morgan fingerprint density at radius 1 is 1.46 bits per heavy atom. The normalized spacial score (nSPS) is 18.1. The van der Waals surface area contributed by atoms with Gasteiger partial charge in [-0.2, -0.15) is 5.10 Å². The third-order valence-electron chi connectivity index (χ3n) is 5.19. The number of aromatic nitrogens is 2. The summed E-state index contributed by atoms with van der Waals surface area (Å²) in [4.78, 5) is 18.2. The second-order valence-corrected chi connectivity index (χ2v) is 8.26. The van der Waals surface area contributed by atoms with E-state index in [4.69, 9.17) is 0 Å². The number of piperidine rings is 1. The van der Waals surface area contributed by atoms with E-state index < -0.39 is 0 Å². The van der Waals surface area contributed by atoms with Gasteiger partial charge in [0.05, 0.1) is 12.2 Å². The number of rotatable bonds is 5. The number of amides is 2. The number of thiophene rings is 1. The van der Waals surface area contributed by atoms with E-state index in [1.54, 1.807) is 16.2 Å². The molecule has 2 aromatic rings. The molecule has 2 amide bonds. The van der Waals surface area contributed by atoms with Crippen molar-refractivity contribution in [3.63, 3.8) is 0 Å². The van der Waals surface area contributed by atoms with Crippen molar-refractivity contribution < 1.29 is 4.79 Å². The SMILES string of the molecule is Cc1nn(C)c(C)c1CN(C)C(=O)N[C@@H]1CCCN(Cc2cccs2)C1. The fourth-order valence-corrected chi connectivity index (χ4v) is 4.33.